The molecule has 2 unspecified atom stereocenters. The highest BCUT2D eigenvalue weighted by atomic mass is 32.2. The van der Waals surface area contributed by atoms with Gasteiger partial charge in [0.05, 0.1) is 16.7 Å². The highest BCUT2D eigenvalue weighted by Gasteiger charge is 2.28. The van der Waals surface area contributed by atoms with Crippen molar-refractivity contribution in [2.45, 2.75) is 23.8 Å². The van der Waals surface area contributed by atoms with Gasteiger partial charge in [-0.15, -0.1) is 0 Å². The summed E-state index contributed by atoms with van der Waals surface area (Å²) in [6, 6.07) is 13.5. The number of nitrogens with two attached hydrogens (primary N) is 1. The number of primary sulfonamides is 1. The van der Waals surface area contributed by atoms with Gasteiger partial charge in [0.1, 0.15) is 4.90 Å². The van der Waals surface area contributed by atoms with Crippen molar-refractivity contribution in [3.05, 3.63) is 64.2 Å². The molecule has 2 atom stereocenters. The summed E-state index contributed by atoms with van der Waals surface area (Å²) in [7, 11) is -4.11. The van der Waals surface area contributed by atoms with E-state index in [1.54, 1.807) is 0 Å². The second-order valence-electron chi connectivity index (χ2n) is 6.47. The van der Waals surface area contributed by atoms with Crippen LogP contribution in [0.5, 0.6) is 0 Å². The number of hydrogen-bond acceptors (Lipinski definition) is 6. The van der Waals surface area contributed by atoms with Gasteiger partial charge in [0.2, 0.25) is 10.0 Å². The van der Waals surface area contributed by atoms with Crippen LogP contribution in [0.1, 0.15) is 24.5 Å². The van der Waals surface area contributed by atoms with Crippen molar-refractivity contribution in [3.63, 3.8) is 0 Å². The number of nitro groups is 1. The maximum Gasteiger partial charge on any atom is 0.270 e. The average Bonchev–Trinajstić information content (AvgIpc) is 2.66. The lowest BCUT2D eigenvalue weighted by Gasteiger charge is -2.32. The summed E-state index contributed by atoms with van der Waals surface area (Å²) in [5, 5.41) is 19.3. The van der Waals surface area contributed by atoms with Crippen LogP contribution < -0.4 is 10.5 Å². The maximum atomic E-state index is 11.9. The lowest BCUT2D eigenvalue weighted by atomic mass is 9.89. The Morgan fingerprint density at radius 1 is 1.22 bits per heavy atom. The Morgan fingerprint density at radius 3 is 2.63 bits per heavy atom. The molecule has 1 fully saturated rings. The third kappa shape index (κ3) is 4.62. The van der Waals surface area contributed by atoms with Crippen LogP contribution >= 0.6 is 0 Å². The second kappa shape index (κ2) is 8.03. The van der Waals surface area contributed by atoms with Gasteiger partial charge >= 0.3 is 0 Å². The van der Waals surface area contributed by atoms with Gasteiger partial charge in [-0.05, 0) is 24.5 Å². The van der Waals surface area contributed by atoms with E-state index in [-0.39, 0.29) is 28.3 Å². The van der Waals surface area contributed by atoms with Crippen LogP contribution in [0.2, 0.25) is 0 Å². The van der Waals surface area contributed by atoms with Crippen molar-refractivity contribution in [2.75, 3.05) is 18.5 Å². The molecule has 1 aliphatic heterocycles. The van der Waals surface area contributed by atoms with Crippen molar-refractivity contribution in [2.24, 2.45) is 11.1 Å². The minimum atomic E-state index is -4.11. The zero-order valence-corrected chi connectivity index (χ0v) is 15.4. The number of nitro benzene ring substituents is 1. The molecule has 9 heteroatoms. The smallest absolute Gasteiger partial charge is 0.270 e. The molecule has 0 amide bonds. The molecule has 1 saturated heterocycles. The molecule has 0 aromatic heterocycles. The summed E-state index contributed by atoms with van der Waals surface area (Å²) in [5.74, 6) is 0.129. The number of sulfonamides is 1. The molecule has 144 valence electrons. The molecule has 27 heavy (non-hydrogen) atoms. The summed E-state index contributed by atoms with van der Waals surface area (Å²) in [6.45, 7) is 1.13. The number of non-ortho nitro benzene ring substituents is 1. The van der Waals surface area contributed by atoms with Gasteiger partial charge in [-0.2, -0.15) is 0 Å². The van der Waals surface area contributed by atoms with Gasteiger partial charge in [0.15, 0.2) is 0 Å². The van der Waals surface area contributed by atoms with Crippen molar-refractivity contribution >= 4 is 21.4 Å². The van der Waals surface area contributed by atoms with Crippen molar-refractivity contribution in [3.8, 4) is 0 Å². The number of benzene rings is 2. The first-order valence-corrected chi connectivity index (χ1v) is 10.1. The first-order chi connectivity index (χ1) is 12.9. The molecule has 2 aromatic rings. The number of rotatable bonds is 6. The molecule has 1 heterocycles. The highest BCUT2D eigenvalue weighted by molar-refractivity contribution is 7.89. The Balaban J connectivity index is 1.82. The van der Waals surface area contributed by atoms with E-state index in [2.05, 4.69) is 5.32 Å². The number of nitrogens with zero attached hydrogens (tertiary/aromatic N) is 1. The first kappa shape index (κ1) is 19.3. The summed E-state index contributed by atoms with van der Waals surface area (Å²) >= 11 is 0. The van der Waals surface area contributed by atoms with E-state index < -0.39 is 14.9 Å². The fourth-order valence-corrected chi connectivity index (χ4v) is 4.04. The van der Waals surface area contributed by atoms with Crippen molar-refractivity contribution < 1.29 is 18.1 Å². The van der Waals surface area contributed by atoms with E-state index in [0.29, 0.717) is 13.2 Å². The minimum Gasteiger partial charge on any atom is -0.384 e. The Morgan fingerprint density at radius 2 is 1.96 bits per heavy atom. The van der Waals surface area contributed by atoms with Crippen LogP contribution in [0.3, 0.4) is 0 Å². The quantitative estimate of drug-likeness (QED) is 0.576. The van der Waals surface area contributed by atoms with Crippen LogP contribution in [0.15, 0.2) is 53.4 Å². The lowest BCUT2D eigenvalue weighted by Crippen LogP contribution is -2.28. The minimum absolute atomic E-state index is 0.0940. The van der Waals surface area contributed by atoms with Gasteiger partial charge in [0.25, 0.3) is 5.69 Å². The van der Waals surface area contributed by atoms with Crippen LogP contribution in [-0.4, -0.2) is 26.5 Å². The molecule has 0 radical (unpaired) electrons. The third-order valence-electron chi connectivity index (χ3n) is 4.61. The van der Waals surface area contributed by atoms with Gasteiger partial charge in [-0.1, -0.05) is 30.3 Å². The molecule has 0 aliphatic carbocycles. The zero-order chi connectivity index (χ0) is 19.4. The predicted molar refractivity (Wildman–Crippen MR) is 101 cm³/mol. The fourth-order valence-electron chi connectivity index (χ4n) is 3.31. The molecule has 0 saturated carbocycles. The van der Waals surface area contributed by atoms with E-state index in [9.17, 15) is 18.5 Å². The Hall–Kier alpha value is -2.49. The van der Waals surface area contributed by atoms with E-state index >= 15 is 0 Å². The number of hydrogen-bond donors (Lipinski definition) is 2. The zero-order valence-electron chi connectivity index (χ0n) is 14.6. The average molecular weight is 391 g/mol. The van der Waals surface area contributed by atoms with Crippen LogP contribution in [0.25, 0.3) is 0 Å². The van der Waals surface area contributed by atoms with Crippen LogP contribution in [0, 0.1) is 16.0 Å². The Kier molecular flexibility index (Phi) is 5.73. The topological polar surface area (TPSA) is 125 Å². The summed E-state index contributed by atoms with van der Waals surface area (Å²) < 4.78 is 29.7. The number of ether oxygens (including phenoxy) is 1. The maximum absolute atomic E-state index is 11.9. The molecular formula is C18H21N3O5S. The number of nitrogens with one attached hydrogen (secondary N) is 1. The normalized spacial score (nSPS) is 20.2. The summed E-state index contributed by atoms with van der Waals surface area (Å²) in [6.07, 6.45) is 1.74. The van der Waals surface area contributed by atoms with Crippen LogP contribution in [0.4, 0.5) is 11.4 Å². The molecular weight excluding hydrogens is 370 g/mol. The lowest BCUT2D eigenvalue weighted by molar-refractivity contribution is -0.385. The van der Waals surface area contributed by atoms with E-state index in [0.717, 1.165) is 24.5 Å². The summed E-state index contributed by atoms with van der Waals surface area (Å²) in [5.41, 5.74) is 0.993. The standard InChI is InChI=1S/C18H21N3O5S/c19-27(24,25)17-11-15(21(22)23)8-9-16(17)20-12-14-7-4-10-26-18(14)13-5-2-1-3-6-13/h1-3,5-6,8-9,11,14,18,20H,4,7,10,12H2,(H2,19,24,25). The van der Waals surface area contributed by atoms with E-state index in [1.165, 1.54) is 12.1 Å². The molecule has 1 aliphatic rings. The third-order valence-corrected chi connectivity index (χ3v) is 5.56. The number of anilines is 1. The molecule has 2 aromatic carbocycles. The van der Waals surface area contributed by atoms with Gasteiger partial charge in [-0.25, -0.2) is 13.6 Å². The molecule has 3 N–H and O–H groups in total. The Labute approximate surface area is 157 Å². The fraction of sp³-hybridized carbons (Fsp3) is 0.333. The van der Waals surface area contributed by atoms with E-state index in [1.807, 2.05) is 30.3 Å². The second-order valence-corrected chi connectivity index (χ2v) is 8.00. The first-order valence-electron chi connectivity index (χ1n) is 8.58. The van der Waals surface area contributed by atoms with Crippen LogP contribution in [-0.2, 0) is 14.8 Å². The molecule has 0 spiro atoms. The van der Waals surface area contributed by atoms with Crippen molar-refractivity contribution in [1.82, 2.24) is 0 Å². The molecule has 0 bridgehead atoms. The Bertz CT molecular complexity index is 918. The van der Waals surface area contributed by atoms with Gasteiger partial charge in [0, 0.05) is 31.2 Å². The van der Waals surface area contributed by atoms with Gasteiger partial charge < -0.3 is 10.1 Å². The predicted octanol–water partition coefficient (Wildman–Crippen LogP) is 2.82. The highest BCUT2D eigenvalue weighted by Crippen LogP contribution is 2.34. The van der Waals surface area contributed by atoms with Crippen molar-refractivity contribution in [1.29, 1.82) is 0 Å². The monoisotopic (exact) mass is 391 g/mol. The SMILES string of the molecule is NS(=O)(=O)c1cc([N+](=O)[O-])ccc1NCC1CCCOC1c1ccccc1. The molecule has 8 nitrogen and oxygen atoms in total. The summed E-state index contributed by atoms with van der Waals surface area (Å²) in [4.78, 5) is 9.99. The van der Waals surface area contributed by atoms with Gasteiger partial charge in [-0.3, -0.25) is 10.1 Å². The van der Waals surface area contributed by atoms with E-state index in [4.69, 9.17) is 9.88 Å². The largest absolute Gasteiger partial charge is 0.384 e. The molecule has 3 rings (SSSR count).